The lowest BCUT2D eigenvalue weighted by molar-refractivity contribution is 0.0928. The van der Waals surface area contributed by atoms with E-state index in [0.717, 1.165) is 43.1 Å². The predicted molar refractivity (Wildman–Crippen MR) is 86.8 cm³/mol. The van der Waals surface area contributed by atoms with Crippen molar-refractivity contribution in [3.63, 3.8) is 0 Å². The van der Waals surface area contributed by atoms with Crippen LogP contribution in [-0.2, 0) is 13.0 Å². The summed E-state index contributed by atoms with van der Waals surface area (Å²) in [5.74, 6) is 3.36. The topological polar surface area (TPSA) is 88.5 Å². The summed E-state index contributed by atoms with van der Waals surface area (Å²) in [5.41, 5.74) is 1.61. The summed E-state index contributed by atoms with van der Waals surface area (Å²) in [5, 5.41) is 19.1. The van der Waals surface area contributed by atoms with Crippen LogP contribution < -0.4 is 5.32 Å². The number of fused-ring (bicyclic) bond motifs is 1. The van der Waals surface area contributed by atoms with Gasteiger partial charge in [0.05, 0.1) is 0 Å². The van der Waals surface area contributed by atoms with Crippen LogP contribution in [0.3, 0.4) is 0 Å². The monoisotopic (exact) mass is 326 g/mol. The van der Waals surface area contributed by atoms with E-state index in [1.807, 2.05) is 6.07 Å². The van der Waals surface area contributed by atoms with Gasteiger partial charge in [-0.15, -0.1) is 10.2 Å². The molecule has 0 radical (unpaired) electrons. The number of amides is 1. The highest BCUT2D eigenvalue weighted by Gasteiger charge is 2.32. The maximum absolute atomic E-state index is 12.4. The normalized spacial score (nSPS) is 23.6. The first-order chi connectivity index (χ1) is 11.8. The molecule has 1 atom stereocenters. The number of aromatic amines is 1. The standard InChI is InChI=1S/C17H22N6O/c24-17(14-9-13(19-20-14)10-1-2-10)18-12-5-6-15-21-22-16(11-3-4-11)23(15)8-7-12/h9-12H,1-8H2,(H,18,24)(H,19,20)/t12-/m0/s1. The van der Waals surface area contributed by atoms with Gasteiger partial charge in [-0.1, -0.05) is 0 Å². The summed E-state index contributed by atoms with van der Waals surface area (Å²) in [6, 6.07) is 2.08. The molecular weight excluding hydrogens is 304 g/mol. The number of nitrogens with zero attached hydrogens (tertiary/aromatic N) is 4. The first kappa shape index (κ1) is 14.2. The van der Waals surface area contributed by atoms with E-state index in [-0.39, 0.29) is 11.9 Å². The highest BCUT2D eigenvalue weighted by molar-refractivity contribution is 5.92. The summed E-state index contributed by atoms with van der Waals surface area (Å²) in [7, 11) is 0. The Bertz CT molecular complexity index is 770. The van der Waals surface area contributed by atoms with Gasteiger partial charge in [-0.3, -0.25) is 9.89 Å². The van der Waals surface area contributed by atoms with E-state index in [2.05, 4.69) is 30.3 Å². The molecule has 7 nitrogen and oxygen atoms in total. The summed E-state index contributed by atoms with van der Waals surface area (Å²) in [4.78, 5) is 12.4. The fourth-order valence-electron chi connectivity index (χ4n) is 3.61. The maximum atomic E-state index is 12.4. The van der Waals surface area contributed by atoms with Crippen molar-refractivity contribution in [2.75, 3.05) is 0 Å². The Labute approximate surface area is 140 Å². The Morgan fingerprint density at radius 3 is 2.75 bits per heavy atom. The van der Waals surface area contributed by atoms with Crippen molar-refractivity contribution < 1.29 is 4.79 Å². The Morgan fingerprint density at radius 2 is 1.96 bits per heavy atom. The number of H-pyrrole nitrogens is 1. The minimum absolute atomic E-state index is 0.0665. The van der Waals surface area contributed by atoms with Crippen LogP contribution in [0.2, 0.25) is 0 Å². The molecule has 3 heterocycles. The summed E-state index contributed by atoms with van der Waals surface area (Å²) >= 11 is 0. The summed E-state index contributed by atoms with van der Waals surface area (Å²) in [6.07, 6.45) is 7.59. The number of carbonyl (C=O) groups is 1. The molecule has 5 rings (SSSR count). The third kappa shape index (κ3) is 2.61. The number of hydrogen-bond acceptors (Lipinski definition) is 4. The van der Waals surface area contributed by atoms with Gasteiger partial charge in [0.15, 0.2) is 0 Å². The molecule has 1 amide bonds. The van der Waals surface area contributed by atoms with Crippen LogP contribution in [0, 0.1) is 0 Å². The fourth-order valence-corrected chi connectivity index (χ4v) is 3.61. The van der Waals surface area contributed by atoms with Gasteiger partial charge in [0, 0.05) is 36.5 Å². The minimum atomic E-state index is -0.0665. The zero-order chi connectivity index (χ0) is 16.1. The highest BCUT2D eigenvalue weighted by Crippen LogP contribution is 2.40. The average Bonchev–Trinajstić information content (AvgIpc) is 3.52. The van der Waals surface area contributed by atoms with Crippen molar-refractivity contribution in [2.24, 2.45) is 0 Å². The quantitative estimate of drug-likeness (QED) is 0.898. The molecule has 3 aliphatic rings. The lowest BCUT2D eigenvalue weighted by atomic mass is 10.1. The molecule has 0 bridgehead atoms. The molecule has 0 spiro atoms. The Balaban J connectivity index is 1.24. The Morgan fingerprint density at radius 1 is 1.12 bits per heavy atom. The SMILES string of the molecule is O=C(N[C@H]1CCc2nnc(C3CC3)n2CC1)c1cc(C2CC2)[nH]n1. The van der Waals surface area contributed by atoms with Crippen molar-refractivity contribution in [3.05, 3.63) is 29.1 Å². The molecule has 2 N–H and O–H groups in total. The van der Waals surface area contributed by atoms with E-state index < -0.39 is 0 Å². The van der Waals surface area contributed by atoms with Gasteiger partial charge in [-0.05, 0) is 44.6 Å². The van der Waals surface area contributed by atoms with Gasteiger partial charge in [0.1, 0.15) is 17.3 Å². The van der Waals surface area contributed by atoms with Crippen molar-refractivity contribution in [3.8, 4) is 0 Å². The fraction of sp³-hybridized carbons (Fsp3) is 0.647. The van der Waals surface area contributed by atoms with E-state index >= 15 is 0 Å². The van der Waals surface area contributed by atoms with E-state index in [9.17, 15) is 4.79 Å². The number of aryl methyl sites for hydroxylation is 1. The molecule has 1 aliphatic heterocycles. The molecule has 126 valence electrons. The minimum Gasteiger partial charge on any atom is -0.348 e. The second kappa shape index (κ2) is 5.43. The third-order valence-corrected chi connectivity index (χ3v) is 5.40. The van der Waals surface area contributed by atoms with Gasteiger partial charge in [0.25, 0.3) is 5.91 Å². The van der Waals surface area contributed by atoms with Crippen LogP contribution in [-0.4, -0.2) is 36.9 Å². The van der Waals surface area contributed by atoms with Gasteiger partial charge in [-0.2, -0.15) is 5.10 Å². The summed E-state index contributed by atoms with van der Waals surface area (Å²) in [6.45, 7) is 0.896. The van der Waals surface area contributed by atoms with Gasteiger partial charge in [0.2, 0.25) is 0 Å². The maximum Gasteiger partial charge on any atom is 0.271 e. The van der Waals surface area contributed by atoms with Crippen molar-refractivity contribution >= 4 is 5.91 Å². The van der Waals surface area contributed by atoms with Crippen molar-refractivity contribution in [2.45, 2.75) is 69.4 Å². The third-order valence-electron chi connectivity index (χ3n) is 5.40. The number of hydrogen-bond donors (Lipinski definition) is 2. The number of carbonyl (C=O) groups excluding carboxylic acids is 1. The Kier molecular flexibility index (Phi) is 3.21. The second-order valence-corrected chi connectivity index (χ2v) is 7.38. The van der Waals surface area contributed by atoms with Gasteiger partial charge < -0.3 is 9.88 Å². The molecule has 2 aromatic heterocycles. The number of aromatic nitrogens is 5. The molecule has 24 heavy (non-hydrogen) atoms. The second-order valence-electron chi connectivity index (χ2n) is 7.38. The van der Waals surface area contributed by atoms with E-state index in [4.69, 9.17) is 0 Å². The zero-order valence-electron chi connectivity index (χ0n) is 13.7. The molecule has 2 fully saturated rings. The summed E-state index contributed by atoms with van der Waals surface area (Å²) < 4.78 is 2.28. The van der Waals surface area contributed by atoms with Crippen LogP contribution in [0.5, 0.6) is 0 Å². The molecule has 0 saturated heterocycles. The number of rotatable bonds is 4. The lowest BCUT2D eigenvalue weighted by Crippen LogP contribution is -2.35. The molecule has 2 aromatic rings. The molecule has 7 heteroatoms. The van der Waals surface area contributed by atoms with Crippen LogP contribution in [0.4, 0.5) is 0 Å². The molecule has 0 unspecified atom stereocenters. The zero-order valence-corrected chi connectivity index (χ0v) is 13.7. The molecule has 2 saturated carbocycles. The van der Waals surface area contributed by atoms with Gasteiger partial charge >= 0.3 is 0 Å². The van der Waals surface area contributed by atoms with Crippen LogP contribution in [0.25, 0.3) is 0 Å². The molecule has 0 aromatic carbocycles. The van der Waals surface area contributed by atoms with Crippen molar-refractivity contribution in [1.29, 1.82) is 0 Å². The largest absolute Gasteiger partial charge is 0.348 e. The molecule has 2 aliphatic carbocycles. The van der Waals surface area contributed by atoms with E-state index in [1.165, 1.54) is 25.7 Å². The average molecular weight is 326 g/mol. The van der Waals surface area contributed by atoms with Gasteiger partial charge in [-0.25, -0.2) is 0 Å². The van der Waals surface area contributed by atoms with E-state index in [1.54, 1.807) is 0 Å². The highest BCUT2D eigenvalue weighted by atomic mass is 16.2. The first-order valence-electron chi connectivity index (χ1n) is 9.06. The predicted octanol–water partition coefficient (Wildman–Crippen LogP) is 1.89. The Hall–Kier alpha value is -2.18. The first-order valence-corrected chi connectivity index (χ1v) is 9.06. The van der Waals surface area contributed by atoms with Crippen LogP contribution in [0.15, 0.2) is 6.07 Å². The van der Waals surface area contributed by atoms with Crippen molar-refractivity contribution in [1.82, 2.24) is 30.3 Å². The lowest BCUT2D eigenvalue weighted by Gasteiger charge is -2.15. The van der Waals surface area contributed by atoms with Crippen LogP contribution in [0.1, 0.15) is 78.2 Å². The van der Waals surface area contributed by atoms with Crippen LogP contribution >= 0.6 is 0 Å². The smallest absolute Gasteiger partial charge is 0.271 e. The molecular formula is C17H22N6O. The number of nitrogens with one attached hydrogen (secondary N) is 2. The van der Waals surface area contributed by atoms with E-state index in [0.29, 0.717) is 17.5 Å².